The van der Waals surface area contributed by atoms with E-state index in [2.05, 4.69) is 25.6 Å². The summed E-state index contributed by atoms with van der Waals surface area (Å²) in [5.41, 5.74) is 1.86. The van der Waals surface area contributed by atoms with Crippen LogP contribution in [0.4, 0.5) is 29.2 Å². The van der Waals surface area contributed by atoms with Gasteiger partial charge in [-0.3, -0.25) is 9.89 Å². The van der Waals surface area contributed by atoms with E-state index in [-0.39, 0.29) is 17.2 Å². The normalized spacial score (nSPS) is 11.7. The van der Waals surface area contributed by atoms with E-state index < -0.39 is 24.4 Å². The highest BCUT2D eigenvalue weighted by Crippen LogP contribution is 2.26. The van der Waals surface area contributed by atoms with Crippen LogP contribution >= 0.6 is 0 Å². The average molecular weight is 447 g/mol. The van der Waals surface area contributed by atoms with Gasteiger partial charge in [-0.1, -0.05) is 6.07 Å². The highest BCUT2D eigenvalue weighted by Gasteiger charge is 2.28. The Kier molecular flexibility index (Phi) is 5.28. The molecule has 1 amide bonds. The smallest absolute Gasteiger partial charge is 0.343 e. The van der Waals surface area contributed by atoms with Crippen molar-refractivity contribution in [1.29, 1.82) is 0 Å². The lowest BCUT2D eigenvalue weighted by atomic mass is 10.0. The Bertz CT molecular complexity index is 1310. The molecule has 4 aromatic rings. The zero-order valence-electron chi connectivity index (χ0n) is 16.9. The van der Waals surface area contributed by atoms with Gasteiger partial charge >= 0.3 is 6.18 Å². The number of carbonyl (C=O) groups excluding carboxylic acids is 1. The molecule has 2 aromatic heterocycles. The molecule has 166 valence electrons. The number of H-pyrrole nitrogens is 1. The van der Waals surface area contributed by atoms with Crippen LogP contribution in [0, 0.1) is 12.7 Å². The Morgan fingerprint density at radius 1 is 1.22 bits per heavy atom. The summed E-state index contributed by atoms with van der Waals surface area (Å²) in [5.74, 6) is -0.763. The molecule has 0 bridgehead atoms. The number of aromatic nitrogens is 5. The van der Waals surface area contributed by atoms with Crippen molar-refractivity contribution in [2.45, 2.75) is 13.1 Å². The average Bonchev–Trinajstić information content (AvgIpc) is 3.32. The number of halogens is 4. The van der Waals surface area contributed by atoms with Crippen LogP contribution in [0.1, 0.15) is 15.9 Å². The summed E-state index contributed by atoms with van der Waals surface area (Å²) in [7, 11) is 1.62. The van der Waals surface area contributed by atoms with Gasteiger partial charge in [0.05, 0.1) is 17.4 Å². The van der Waals surface area contributed by atoms with Crippen molar-refractivity contribution in [3.8, 4) is 11.4 Å². The lowest BCUT2D eigenvalue weighted by molar-refractivity contribution is -0.123. The number of hydrogen-bond donors (Lipinski definition) is 3. The highest BCUT2D eigenvalue weighted by molar-refractivity contribution is 5.96. The second-order valence-corrected chi connectivity index (χ2v) is 7.12. The van der Waals surface area contributed by atoms with Crippen molar-refractivity contribution in [2.24, 2.45) is 7.05 Å². The van der Waals surface area contributed by atoms with E-state index in [1.54, 1.807) is 32.3 Å². The number of carbonyl (C=O) groups is 1. The molecule has 0 aliphatic heterocycles. The van der Waals surface area contributed by atoms with Gasteiger partial charge in [0.1, 0.15) is 12.4 Å². The van der Waals surface area contributed by atoms with Gasteiger partial charge in [0.2, 0.25) is 5.95 Å². The third kappa shape index (κ3) is 4.38. The summed E-state index contributed by atoms with van der Waals surface area (Å²) in [6.07, 6.45) is -2.93. The quantitative estimate of drug-likeness (QED) is 0.404. The number of hydrogen-bond acceptors (Lipinski definition) is 5. The third-order valence-electron chi connectivity index (χ3n) is 4.72. The summed E-state index contributed by atoms with van der Waals surface area (Å²) in [6.45, 7) is 0.189. The number of fused-ring (bicyclic) bond motifs is 1. The molecule has 12 heteroatoms. The van der Waals surface area contributed by atoms with Gasteiger partial charge in [-0.2, -0.15) is 23.3 Å². The number of nitrogens with one attached hydrogen (secondary N) is 3. The van der Waals surface area contributed by atoms with Gasteiger partial charge in [0, 0.05) is 29.6 Å². The van der Waals surface area contributed by atoms with E-state index in [9.17, 15) is 22.4 Å². The minimum absolute atomic E-state index is 0.114. The Labute approximate surface area is 178 Å². The van der Waals surface area contributed by atoms with E-state index in [4.69, 9.17) is 0 Å². The number of aryl methyl sites for hydroxylation is 2. The summed E-state index contributed by atoms with van der Waals surface area (Å²) >= 11 is 0. The first-order chi connectivity index (χ1) is 15.1. The molecule has 0 radical (unpaired) electrons. The van der Waals surface area contributed by atoms with Crippen LogP contribution in [0.2, 0.25) is 0 Å². The van der Waals surface area contributed by atoms with Gasteiger partial charge in [0.15, 0.2) is 5.82 Å². The number of rotatable bonds is 5. The van der Waals surface area contributed by atoms with Crippen molar-refractivity contribution in [3.05, 3.63) is 53.5 Å². The number of nitrogens with zero attached hydrogens (tertiary/aromatic N) is 4. The SMILES string of the molecule is Cc1cc(-c2nc(Nc3cc4cn[nH]c4cc3F)n(C)n2)ccc1C(=O)NCC(F)(F)F. The van der Waals surface area contributed by atoms with Crippen LogP contribution in [-0.2, 0) is 7.05 Å². The Balaban J connectivity index is 1.56. The second kappa shape index (κ2) is 7.94. The van der Waals surface area contributed by atoms with E-state index in [1.807, 2.05) is 5.32 Å². The summed E-state index contributed by atoms with van der Waals surface area (Å²) in [4.78, 5) is 16.4. The molecule has 0 saturated carbocycles. The molecule has 4 rings (SSSR count). The van der Waals surface area contributed by atoms with Crippen molar-refractivity contribution in [3.63, 3.8) is 0 Å². The molecule has 0 aliphatic rings. The van der Waals surface area contributed by atoms with E-state index in [0.29, 0.717) is 27.9 Å². The van der Waals surface area contributed by atoms with Crippen molar-refractivity contribution in [2.75, 3.05) is 11.9 Å². The number of aromatic amines is 1. The first-order valence-electron chi connectivity index (χ1n) is 9.37. The maximum Gasteiger partial charge on any atom is 0.405 e. The predicted molar refractivity (Wildman–Crippen MR) is 109 cm³/mol. The molecule has 0 fully saturated rings. The molecule has 0 spiro atoms. The lowest BCUT2D eigenvalue weighted by Gasteiger charge is -2.10. The van der Waals surface area contributed by atoms with Crippen molar-refractivity contribution < 1.29 is 22.4 Å². The molecule has 0 atom stereocenters. The summed E-state index contributed by atoms with van der Waals surface area (Å²) in [6, 6.07) is 7.44. The largest absolute Gasteiger partial charge is 0.405 e. The number of amides is 1. The van der Waals surface area contributed by atoms with E-state index in [1.165, 1.54) is 22.9 Å². The monoisotopic (exact) mass is 447 g/mol. The topological polar surface area (TPSA) is 101 Å². The fourth-order valence-electron chi connectivity index (χ4n) is 3.13. The van der Waals surface area contributed by atoms with E-state index in [0.717, 1.165) is 0 Å². The van der Waals surface area contributed by atoms with Crippen molar-refractivity contribution in [1.82, 2.24) is 30.3 Å². The first kappa shape index (κ1) is 21.3. The highest BCUT2D eigenvalue weighted by atomic mass is 19.4. The summed E-state index contributed by atoms with van der Waals surface area (Å²) < 4.78 is 52.8. The molecule has 0 unspecified atom stereocenters. The Morgan fingerprint density at radius 3 is 2.72 bits per heavy atom. The first-order valence-corrected chi connectivity index (χ1v) is 9.37. The fraction of sp³-hybridized carbons (Fsp3) is 0.200. The third-order valence-corrected chi connectivity index (χ3v) is 4.72. The van der Waals surface area contributed by atoms with Crippen LogP contribution in [-0.4, -0.2) is 43.6 Å². The van der Waals surface area contributed by atoms with Crippen LogP contribution in [0.25, 0.3) is 22.3 Å². The Hall–Kier alpha value is -3.96. The molecule has 32 heavy (non-hydrogen) atoms. The minimum Gasteiger partial charge on any atom is -0.343 e. The maximum absolute atomic E-state index is 14.4. The molecular weight excluding hydrogens is 430 g/mol. The number of anilines is 2. The molecule has 0 saturated heterocycles. The fourth-order valence-corrected chi connectivity index (χ4v) is 3.13. The molecular formula is C20H17F4N7O. The van der Waals surface area contributed by atoms with Gasteiger partial charge in [-0.25, -0.2) is 9.07 Å². The molecule has 0 aliphatic carbocycles. The van der Waals surface area contributed by atoms with Crippen LogP contribution in [0.15, 0.2) is 36.5 Å². The van der Waals surface area contributed by atoms with Gasteiger partial charge in [0.25, 0.3) is 5.91 Å². The van der Waals surface area contributed by atoms with Crippen LogP contribution in [0.3, 0.4) is 0 Å². The molecule has 8 nitrogen and oxygen atoms in total. The summed E-state index contributed by atoms with van der Waals surface area (Å²) in [5, 5.41) is 16.3. The second-order valence-electron chi connectivity index (χ2n) is 7.12. The lowest BCUT2D eigenvalue weighted by Crippen LogP contribution is -2.34. The molecule has 3 N–H and O–H groups in total. The Morgan fingerprint density at radius 2 is 2.00 bits per heavy atom. The standard InChI is InChI=1S/C20H17F4N7O/c1-10-5-11(3-4-13(10)18(32)25-9-20(22,23)24)17-28-19(31(2)30-17)27-16-6-12-8-26-29-15(12)7-14(16)21/h3-8H,9H2,1-2H3,(H,25,32)(H,26,29)(H,27,28,30). The predicted octanol–water partition coefficient (Wildman–Crippen LogP) is 3.84. The van der Waals surface area contributed by atoms with Gasteiger partial charge in [-0.15, -0.1) is 5.10 Å². The zero-order valence-corrected chi connectivity index (χ0v) is 16.9. The zero-order chi connectivity index (χ0) is 23.0. The maximum atomic E-state index is 14.4. The van der Waals surface area contributed by atoms with Crippen LogP contribution in [0.5, 0.6) is 0 Å². The van der Waals surface area contributed by atoms with Gasteiger partial charge < -0.3 is 10.6 Å². The molecule has 2 aromatic carbocycles. The minimum atomic E-state index is -4.49. The van der Waals surface area contributed by atoms with E-state index >= 15 is 0 Å². The van der Waals surface area contributed by atoms with Gasteiger partial charge in [-0.05, 0) is 30.7 Å². The van der Waals surface area contributed by atoms with Crippen molar-refractivity contribution >= 4 is 28.4 Å². The number of alkyl halides is 3. The van der Waals surface area contributed by atoms with Crippen LogP contribution < -0.4 is 10.6 Å². The molecule has 2 heterocycles. The number of benzene rings is 2.